The second-order valence-electron chi connectivity index (χ2n) is 4.19. The number of nitrogens with one attached hydrogen (secondary N) is 1. The molecule has 1 aliphatic heterocycles. The number of H-pyrrole nitrogens is 1. The molecule has 8 nitrogen and oxygen atoms in total. The van der Waals surface area contributed by atoms with Crippen LogP contribution in [-0.2, 0) is 9.84 Å². The fourth-order valence-corrected chi connectivity index (χ4v) is 1.87. The summed E-state index contributed by atoms with van der Waals surface area (Å²) in [5.41, 5.74) is -1.05. The van der Waals surface area contributed by atoms with Crippen LogP contribution < -0.4 is 11.2 Å². The molecule has 0 bridgehead atoms. The SMILES string of the molecule is Cc1cn([C@@H]2O[C@H](C[O])[C@@H](O)[C@H]2O)c(=O)[nH]c1=O. The Morgan fingerprint density at radius 3 is 2.61 bits per heavy atom. The number of rotatable bonds is 2. The molecule has 0 unspecified atom stereocenters. The summed E-state index contributed by atoms with van der Waals surface area (Å²) in [6, 6.07) is 0. The minimum atomic E-state index is -1.40. The standard InChI is InChI=1S/C10H13N2O6/c1-4-2-12(10(17)11-8(4)16)9-7(15)6(14)5(3-13)18-9/h2,5-7,9,14-15H,3H2,1H3,(H,11,16,17)/t5-,6-,7-,9-/m1/s1. The molecule has 4 atom stereocenters. The highest BCUT2D eigenvalue weighted by Crippen LogP contribution is 2.27. The number of nitrogens with zero attached hydrogens (tertiary/aromatic N) is 1. The molecule has 0 saturated carbocycles. The minimum Gasteiger partial charge on any atom is -0.387 e. The topological polar surface area (TPSA) is 124 Å². The number of aromatic nitrogens is 2. The van der Waals surface area contributed by atoms with Gasteiger partial charge in [-0.2, -0.15) is 0 Å². The molecule has 0 aromatic carbocycles. The smallest absolute Gasteiger partial charge is 0.330 e. The highest BCUT2D eigenvalue weighted by Gasteiger charge is 2.44. The number of ether oxygens (including phenoxy) is 1. The van der Waals surface area contributed by atoms with E-state index < -0.39 is 42.4 Å². The number of hydrogen-bond donors (Lipinski definition) is 3. The lowest BCUT2D eigenvalue weighted by Gasteiger charge is -2.17. The maximum absolute atomic E-state index is 11.6. The normalized spacial score (nSPS) is 31.8. The Labute approximate surface area is 101 Å². The summed E-state index contributed by atoms with van der Waals surface area (Å²) < 4.78 is 6.08. The third kappa shape index (κ3) is 1.99. The van der Waals surface area contributed by atoms with Crippen LogP contribution in [0.2, 0.25) is 0 Å². The zero-order valence-electron chi connectivity index (χ0n) is 9.57. The molecule has 18 heavy (non-hydrogen) atoms. The van der Waals surface area contributed by atoms with Gasteiger partial charge in [-0.15, -0.1) is 0 Å². The van der Waals surface area contributed by atoms with Crippen molar-refractivity contribution in [1.82, 2.24) is 9.55 Å². The first-order chi connectivity index (χ1) is 8.45. The Morgan fingerprint density at radius 1 is 1.39 bits per heavy atom. The lowest BCUT2D eigenvalue weighted by atomic mass is 10.1. The van der Waals surface area contributed by atoms with Gasteiger partial charge >= 0.3 is 5.69 Å². The van der Waals surface area contributed by atoms with Gasteiger partial charge in [0, 0.05) is 11.8 Å². The van der Waals surface area contributed by atoms with Gasteiger partial charge in [0.15, 0.2) is 6.23 Å². The Kier molecular flexibility index (Phi) is 3.35. The van der Waals surface area contributed by atoms with E-state index >= 15 is 0 Å². The van der Waals surface area contributed by atoms with E-state index in [0.717, 1.165) is 4.57 Å². The Balaban J connectivity index is 2.42. The first-order valence-corrected chi connectivity index (χ1v) is 5.37. The average molecular weight is 257 g/mol. The molecule has 1 aliphatic rings. The molecular weight excluding hydrogens is 244 g/mol. The molecule has 3 N–H and O–H groups in total. The van der Waals surface area contributed by atoms with Gasteiger partial charge in [-0.05, 0) is 6.92 Å². The molecule has 0 amide bonds. The second-order valence-corrected chi connectivity index (χ2v) is 4.19. The van der Waals surface area contributed by atoms with Gasteiger partial charge in [-0.1, -0.05) is 0 Å². The Bertz CT molecular complexity index is 550. The van der Waals surface area contributed by atoms with E-state index in [9.17, 15) is 24.9 Å². The van der Waals surface area contributed by atoms with Crippen LogP contribution in [0.4, 0.5) is 0 Å². The van der Waals surface area contributed by atoms with Crippen molar-refractivity contribution in [2.24, 2.45) is 0 Å². The van der Waals surface area contributed by atoms with Gasteiger partial charge < -0.3 is 14.9 Å². The predicted octanol–water partition coefficient (Wildman–Crippen LogP) is -2.11. The number of aromatic amines is 1. The Hall–Kier alpha value is -1.48. The first-order valence-electron chi connectivity index (χ1n) is 5.37. The lowest BCUT2D eigenvalue weighted by molar-refractivity contribution is -0.0656. The van der Waals surface area contributed by atoms with Crippen LogP contribution >= 0.6 is 0 Å². The van der Waals surface area contributed by atoms with Gasteiger partial charge in [0.05, 0.1) is 0 Å². The van der Waals surface area contributed by atoms with E-state index in [1.54, 1.807) is 0 Å². The molecule has 8 heteroatoms. The van der Waals surface area contributed by atoms with Crippen molar-refractivity contribution in [2.75, 3.05) is 6.61 Å². The van der Waals surface area contributed by atoms with Gasteiger partial charge in [0.25, 0.3) is 5.56 Å². The monoisotopic (exact) mass is 257 g/mol. The first kappa shape index (κ1) is 13.0. The summed E-state index contributed by atoms with van der Waals surface area (Å²) in [7, 11) is 0. The summed E-state index contributed by atoms with van der Waals surface area (Å²) in [5.74, 6) is 0. The van der Waals surface area contributed by atoms with Crippen molar-refractivity contribution in [3.05, 3.63) is 32.6 Å². The third-order valence-corrected chi connectivity index (χ3v) is 2.92. The summed E-state index contributed by atoms with van der Waals surface area (Å²) >= 11 is 0. The van der Waals surface area contributed by atoms with Crippen LogP contribution in [-0.4, -0.2) is 44.7 Å². The number of aryl methyl sites for hydroxylation is 1. The lowest BCUT2D eigenvalue weighted by Crippen LogP contribution is -2.38. The molecule has 2 heterocycles. The van der Waals surface area contributed by atoms with Gasteiger partial charge in [-0.25, -0.2) is 9.90 Å². The zero-order valence-corrected chi connectivity index (χ0v) is 9.57. The second kappa shape index (κ2) is 4.65. The molecule has 1 fully saturated rings. The molecule has 1 saturated heterocycles. The van der Waals surface area contributed by atoms with Crippen LogP contribution in [0, 0.1) is 6.92 Å². The molecular formula is C10H13N2O6. The van der Waals surface area contributed by atoms with Crippen LogP contribution in [0.25, 0.3) is 0 Å². The fourth-order valence-electron chi connectivity index (χ4n) is 1.87. The van der Waals surface area contributed by atoms with Gasteiger partial charge in [0.1, 0.15) is 24.9 Å². The molecule has 2 rings (SSSR count). The van der Waals surface area contributed by atoms with Crippen molar-refractivity contribution < 1.29 is 20.1 Å². The molecule has 0 aliphatic carbocycles. The van der Waals surface area contributed by atoms with Crippen molar-refractivity contribution in [3.8, 4) is 0 Å². The molecule has 1 radical (unpaired) electrons. The largest absolute Gasteiger partial charge is 0.387 e. The summed E-state index contributed by atoms with van der Waals surface area (Å²) in [4.78, 5) is 24.8. The maximum atomic E-state index is 11.6. The number of aliphatic hydroxyl groups excluding tert-OH is 2. The fraction of sp³-hybridized carbons (Fsp3) is 0.600. The van der Waals surface area contributed by atoms with Gasteiger partial charge in [0.2, 0.25) is 0 Å². The van der Waals surface area contributed by atoms with E-state index in [0.29, 0.717) is 0 Å². The Morgan fingerprint density at radius 2 is 2.06 bits per heavy atom. The van der Waals surface area contributed by atoms with Crippen LogP contribution in [0.3, 0.4) is 0 Å². The van der Waals surface area contributed by atoms with E-state index in [1.807, 2.05) is 0 Å². The van der Waals surface area contributed by atoms with Gasteiger partial charge in [-0.3, -0.25) is 14.3 Å². The van der Waals surface area contributed by atoms with Crippen LogP contribution in [0.15, 0.2) is 15.8 Å². The van der Waals surface area contributed by atoms with Crippen molar-refractivity contribution >= 4 is 0 Å². The minimum absolute atomic E-state index is 0.255. The summed E-state index contributed by atoms with van der Waals surface area (Å²) in [6.45, 7) is 0.753. The number of aliphatic hydroxyl groups is 2. The van der Waals surface area contributed by atoms with Crippen molar-refractivity contribution in [1.29, 1.82) is 0 Å². The quantitative estimate of drug-likeness (QED) is 0.559. The number of hydrogen-bond acceptors (Lipinski definition) is 5. The van der Waals surface area contributed by atoms with E-state index in [-0.39, 0.29) is 5.56 Å². The van der Waals surface area contributed by atoms with E-state index in [4.69, 9.17) is 4.74 Å². The van der Waals surface area contributed by atoms with E-state index in [2.05, 4.69) is 4.98 Å². The molecule has 1 aromatic heterocycles. The maximum Gasteiger partial charge on any atom is 0.330 e. The predicted molar refractivity (Wildman–Crippen MR) is 57.5 cm³/mol. The van der Waals surface area contributed by atoms with Crippen LogP contribution in [0.1, 0.15) is 11.8 Å². The van der Waals surface area contributed by atoms with Crippen LogP contribution in [0.5, 0.6) is 0 Å². The molecule has 0 spiro atoms. The molecule has 99 valence electrons. The van der Waals surface area contributed by atoms with Crippen molar-refractivity contribution in [3.63, 3.8) is 0 Å². The van der Waals surface area contributed by atoms with E-state index in [1.165, 1.54) is 13.1 Å². The summed E-state index contributed by atoms with van der Waals surface area (Å²) in [5, 5.41) is 30.0. The highest BCUT2D eigenvalue weighted by molar-refractivity contribution is 5.03. The molecule has 1 aromatic rings. The van der Waals surface area contributed by atoms with Crippen molar-refractivity contribution in [2.45, 2.75) is 31.5 Å². The summed E-state index contributed by atoms with van der Waals surface area (Å²) in [6.07, 6.45) is -3.79. The zero-order chi connectivity index (χ0) is 13.4. The third-order valence-electron chi connectivity index (χ3n) is 2.92. The average Bonchev–Trinajstić information content (AvgIpc) is 2.61. The highest BCUT2D eigenvalue weighted by atomic mass is 16.6.